The predicted octanol–water partition coefficient (Wildman–Crippen LogP) is 3.23. The first-order chi connectivity index (χ1) is 8.56. The second kappa shape index (κ2) is 5.67. The van der Waals surface area contributed by atoms with E-state index >= 15 is 0 Å². The van der Waals surface area contributed by atoms with Crippen LogP contribution in [-0.4, -0.2) is 11.1 Å². The average molecular weight is 329 g/mol. The van der Waals surface area contributed by atoms with Gasteiger partial charge in [0.15, 0.2) is 0 Å². The highest BCUT2D eigenvalue weighted by Crippen LogP contribution is 2.28. The van der Waals surface area contributed by atoms with Crippen molar-refractivity contribution in [3.05, 3.63) is 38.3 Å². The van der Waals surface area contributed by atoms with Gasteiger partial charge in [0.2, 0.25) is 5.91 Å². The molecule has 0 fully saturated rings. The number of halogens is 1. The van der Waals surface area contributed by atoms with Gasteiger partial charge in [-0.3, -0.25) is 4.79 Å². The molecule has 0 aliphatic heterocycles. The highest BCUT2D eigenvalue weighted by molar-refractivity contribution is 9.11. The van der Waals surface area contributed by atoms with E-state index in [0.717, 1.165) is 20.1 Å². The van der Waals surface area contributed by atoms with Crippen LogP contribution in [0.4, 0.5) is 0 Å². The summed E-state index contributed by atoms with van der Waals surface area (Å²) in [4.78, 5) is 13.0. The maximum Gasteiger partial charge on any atom is 0.228 e. The van der Waals surface area contributed by atoms with Gasteiger partial charge in [0.05, 0.1) is 16.2 Å². The number of carbonyl (C=O) groups excluding carboxylic acids is 1. The summed E-state index contributed by atoms with van der Waals surface area (Å²) in [5.74, 6) is 0.578. The highest BCUT2D eigenvalue weighted by atomic mass is 79.9. The molecule has 2 aromatic heterocycles. The zero-order valence-corrected chi connectivity index (χ0v) is 12.5. The van der Waals surface area contributed by atoms with Crippen LogP contribution in [0.15, 0.2) is 26.5 Å². The average Bonchev–Trinajstić information content (AvgIpc) is 2.94. The summed E-state index contributed by atoms with van der Waals surface area (Å²) in [6.45, 7) is 4.11. The molecule has 0 aliphatic carbocycles. The zero-order valence-electron chi connectivity index (χ0n) is 10.1. The molecule has 0 saturated heterocycles. The fraction of sp³-hybridized carbons (Fsp3) is 0.333. The molecule has 0 aliphatic rings. The normalized spacial score (nSPS) is 12.4. The summed E-state index contributed by atoms with van der Waals surface area (Å²) in [6.07, 6.45) is 0. The number of hydrogen-bond acceptors (Lipinski definition) is 4. The molecule has 4 nitrogen and oxygen atoms in total. The molecule has 0 unspecified atom stereocenters. The first kappa shape index (κ1) is 13.3. The minimum absolute atomic E-state index is 0.00926. The molecule has 0 saturated carbocycles. The van der Waals surface area contributed by atoms with E-state index in [0.29, 0.717) is 6.54 Å². The van der Waals surface area contributed by atoms with E-state index in [1.165, 1.54) is 0 Å². The van der Waals surface area contributed by atoms with Crippen LogP contribution in [0.1, 0.15) is 29.2 Å². The fourth-order valence-corrected chi connectivity index (χ4v) is 3.00. The smallest absolute Gasteiger partial charge is 0.228 e. The Morgan fingerprint density at radius 1 is 1.61 bits per heavy atom. The van der Waals surface area contributed by atoms with E-state index in [2.05, 4.69) is 26.4 Å². The van der Waals surface area contributed by atoms with Crippen molar-refractivity contribution in [1.82, 2.24) is 10.5 Å². The number of aromatic nitrogens is 1. The van der Waals surface area contributed by atoms with Crippen molar-refractivity contribution in [1.29, 1.82) is 0 Å². The van der Waals surface area contributed by atoms with Crippen molar-refractivity contribution in [2.75, 3.05) is 0 Å². The van der Waals surface area contributed by atoms with Gasteiger partial charge in [-0.2, -0.15) is 0 Å². The Balaban J connectivity index is 1.92. The van der Waals surface area contributed by atoms with E-state index in [4.69, 9.17) is 4.52 Å². The summed E-state index contributed by atoms with van der Waals surface area (Å²) in [5.41, 5.74) is 0.736. The molecule has 2 aromatic rings. The Morgan fingerprint density at radius 2 is 2.39 bits per heavy atom. The summed E-state index contributed by atoms with van der Waals surface area (Å²) >= 11 is 4.96. The second-order valence-electron chi connectivity index (χ2n) is 4.01. The number of nitrogens with one attached hydrogen (secondary N) is 1. The molecular weight excluding hydrogens is 316 g/mol. The third kappa shape index (κ3) is 3.20. The second-order valence-corrected chi connectivity index (χ2v) is 6.50. The Morgan fingerprint density at radius 3 is 2.94 bits per heavy atom. The monoisotopic (exact) mass is 328 g/mol. The van der Waals surface area contributed by atoms with Crippen molar-refractivity contribution in [3.8, 4) is 0 Å². The molecule has 0 aromatic carbocycles. The van der Waals surface area contributed by atoms with Crippen LogP contribution in [0.25, 0.3) is 0 Å². The Labute approximate surface area is 117 Å². The minimum Gasteiger partial charge on any atom is -0.361 e. The zero-order chi connectivity index (χ0) is 13.1. The maximum absolute atomic E-state index is 12.0. The predicted molar refractivity (Wildman–Crippen MR) is 73.5 cm³/mol. The Hall–Kier alpha value is -1.14. The molecule has 18 heavy (non-hydrogen) atoms. The molecule has 1 atom stereocenters. The van der Waals surface area contributed by atoms with Crippen molar-refractivity contribution >= 4 is 33.2 Å². The molecule has 0 bridgehead atoms. The fourth-order valence-electron chi connectivity index (χ4n) is 1.52. The quantitative estimate of drug-likeness (QED) is 0.937. The van der Waals surface area contributed by atoms with Crippen LogP contribution < -0.4 is 5.32 Å². The van der Waals surface area contributed by atoms with Gasteiger partial charge in [0, 0.05) is 10.9 Å². The molecule has 0 radical (unpaired) electrons. The molecule has 2 heterocycles. The lowest BCUT2D eigenvalue weighted by Crippen LogP contribution is -2.27. The van der Waals surface area contributed by atoms with E-state index in [1.54, 1.807) is 11.3 Å². The standard InChI is InChI=1S/C12H13BrN2O2S/c1-7-5-9(15-17-7)6-14-12(16)8(2)10-3-4-11(13)18-10/h3-5,8H,6H2,1-2H3,(H,14,16)/t8-/m0/s1. The van der Waals surface area contributed by atoms with Gasteiger partial charge >= 0.3 is 0 Å². The van der Waals surface area contributed by atoms with Crippen molar-refractivity contribution in [2.45, 2.75) is 26.3 Å². The highest BCUT2D eigenvalue weighted by Gasteiger charge is 2.17. The number of rotatable bonds is 4. The molecule has 96 valence electrons. The molecular formula is C12H13BrN2O2S. The lowest BCUT2D eigenvalue weighted by Gasteiger charge is -2.09. The molecule has 1 amide bonds. The number of amides is 1. The summed E-state index contributed by atoms with van der Waals surface area (Å²) in [5, 5.41) is 6.68. The lowest BCUT2D eigenvalue weighted by molar-refractivity contribution is -0.122. The van der Waals surface area contributed by atoms with Gasteiger partial charge < -0.3 is 9.84 Å². The van der Waals surface area contributed by atoms with Gasteiger partial charge in [-0.1, -0.05) is 5.16 Å². The summed E-state index contributed by atoms with van der Waals surface area (Å²) in [7, 11) is 0. The number of thiophene rings is 1. The SMILES string of the molecule is Cc1cc(CNC(=O)[C@@H](C)c2ccc(Br)s2)no1. The molecule has 6 heteroatoms. The van der Waals surface area contributed by atoms with E-state index in [9.17, 15) is 4.79 Å². The number of hydrogen-bond donors (Lipinski definition) is 1. The van der Waals surface area contributed by atoms with Crippen molar-refractivity contribution in [3.63, 3.8) is 0 Å². The number of carbonyl (C=O) groups is 1. The van der Waals surface area contributed by atoms with Crippen LogP contribution in [0, 0.1) is 6.92 Å². The van der Waals surface area contributed by atoms with Crippen LogP contribution in [0.5, 0.6) is 0 Å². The third-order valence-electron chi connectivity index (χ3n) is 2.53. The van der Waals surface area contributed by atoms with Crippen LogP contribution in [-0.2, 0) is 11.3 Å². The largest absolute Gasteiger partial charge is 0.361 e. The maximum atomic E-state index is 12.0. The first-order valence-electron chi connectivity index (χ1n) is 5.51. The molecule has 1 N–H and O–H groups in total. The van der Waals surface area contributed by atoms with Gasteiger partial charge in [0.1, 0.15) is 11.5 Å². The van der Waals surface area contributed by atoms with E-state index in [1.807, 2.05) is 32.0 Å². The molecule has 0 spiro atoms. The Kier molecular flexibility index (Phi) is 4.19. The van der Waals surface area contributed by atoms with E-state index < -0.39 is 0 Å². The van der Waals surface area contributed by atoms with Gasteiger partial charge in [0.25, 0.3) is 0 Å². The summed E-state index contributed by atoms with van der Waals surface area (Å²) < 4.78 is 5.97. The first-order valence-corrected chi connectivity index (χ1v) is 7.12. The van der Waals surface area contributed by atoms with Gasteiger partial charge in [-0.15, -0.1) is 11.3 Å². The van der Waals surface area contributed by atoms with Crippen molar-refractivity contribution < 1.29 is 9.32 Å². The number of aryl methyl sites for hydroxylation is 1. The van der Waals surface area contributed by atoms with Gasteiger partial charge in [-0.25, -0.2) is 0 Å². The van der Waals surface area contributed by atoms with Gasteiger partial charge in [-0.05, 0) is 41.9 Å². The number of nitrogens with zero attached hydrogens (tertiary/aromatic N) is 1. The van der Waals surface area contributed by atoms with Crippen LogP contribution >= 0.6 is 27.3 Å². The lowest BCUT2D eigenvalue weighted by atomic mass is 10.1. The van der Waals surface area contributed by atoms with E-state index in [-0.39, 0.29) is 11.8 Å². The Bertz CT molecular complexity index is 550. The minimum atomic E-state index is -0.158. The van der Waals surface area contributed by atoms with Crippen molar-refractivity contribution in [2.24, 2.45) is 0 Å². The summed E-state index contributed by atoms with van der Waals surface area (Å²) in [6, 6.07) is 5.72. The topological polar surface area (TPSA) is 55.1 Å². The van der Waals surface area contributed by atoms with Crippen LogP contribution in [0.2, 0.25) is 0 Å². The molecule has 2 rings (SSSR count). The van der Waals surface area contributed by atoms with Crippen LogP contribution in [0.3, 0.4) is 0 Å². The third-order valence-corrected chi connectivity index (χ3v) is 4.34.